The Morgan fingerprint density at radius 3 is 2.93 bits per heavy atom. The highest BCUT2D eigenvalue weighted by atomic mass is 32.2. The molecule has 0 unspecified atom stereocenters. The minimum atomic E-state index is 0.198. The molecule has 2 aliphatic rings. The van der Waals surface area contributed by atoms with Gasteiger partial charge in [-0.05, 0) is 30.7 Å². The van der Waals surface area contributed by atoms with Crippen LogP contribution < -0.4 is 0 Å². The molecule has 2 fully saturated rings. The van der Waals surface area contributed by atoms with Gasteiger partial charge in [0, 0.05) is 24.0 Å². The van der Waals surface area contributed by atoms with Crippen molar-refractivity contribution in [3.05, 3.63) is 24.3 Å². The van der Waals surface area contributed by atoms with Crippen LogP contribution >= 0.6 is 11.8 Å². The first-order chi connectivity index (χ1) is 13.3. The fourth-order valence-corrected chi connectivity index (χ4v) is 5.30. The van der Waals surface area contributed by atoms with E-state index < -0.39 is 0 Å². The van der Waals surface area contributed by atoms with E-state index in [0.717, 1.165) is 41.1 Å². The fraction of sp³-hybridized carbons (Fsp3) is 0.500. The Bertz CT molecular complexity index is 987. The summed E-state index contributed by atoms with van der Waals surface area (Å²) in [6.07, 6.45) is 6.49. The van der Waals surface area contributed by atoms with Crippen LogP contribution in [-0.4, -0.2) is 49.8 Å². The molecule has 0 spiro atoms. The number of rotatable bonds is 3. The molecule has 1 aliphatic heterocycles. The summed E-state index contributed by atoms with van der Waals surface area (Å²) >= 11 is 1.38. The molecular formula is C20H23N5OS. The van der Waals surface area contributed by atoms with Gasteiger partial charge in [-0.3, -0.25) is 4.79 Å². The Hall–Kier alpha value is -2.15. The SMILES string of the molecule is O=C(CSc1nnc2c(n1)[nH]c1ccccc12)N1CC[C@H]2CCCC[C@H]2C1. The highest BCUT2D eigenvalue weighted by molar-refractivity contribution is 7.99. The van der Waals surface area contributed by atoms with Crippen LogP contribution in [0.3, 0.4) is 0 Å². The van der Waals surface area contributed by atoms with Crippen molar-refractivity contribution in [2.75, 3.05) is 18.8 Å². The van der Waals surface area contributed by atoms with Crippen molar-refractivity contribution >= 4 is 39.7 Å². The molecule has 1 N–H and O–H groups in total. The fourth-order valence-electron chi connectivity index (χ4n) is 4.61. The second-order valence-electron chi connectivity index (χ2n) is 7.68. The van der Waals surface area contributed by atoms with E-state index in [-0.39, 0.29) is 5.91 Å². The van der Waals surface area contributed by atoms with E-state index in [1.54, 1.807) is 0 Å². The lowest BCUT2D eigenvalue weighted by molar-refractivity contribution is -0.131. The second kappa shape index (κ2) is 7.11. The van der Waals surface area contributed by atoms with Gasteiger partial charge in [0.05, 0.1) is 5.75 Å². The first-order valence-corrected chi connectivity index (χ1v) is 10.8. The number of fused-ring (bicyclic) bond motifs is 4. The Balaban J connectivity index is 1.25. The maximum absolute atomic E-state index is 12.7. The van der Waals surface area contributed by atoms with Crippen molar-refractivity contribution in [1.82, 2.24) is 25.1 Å². The Morgan fingerprint density at radius 1 is 1.15 bits per heavy atom. The average molecular weight is 382 g/mol. The molecule has 1 aliphatic carbocycles. The van der Waals surface area contributed by atoms with Crippen molar-refractivity contribution in [3.63, 3.8) is 0 Å². The zero-order valence-electron chi connectivity index (χ0n) is 15.2. The number of thioether (sulfide) groups is 1. The first kappa shape index (κ1) is 17.0. The number of nitrogens with zero attached hydrogens (tertiary/aromatic N) is 4. The predicted molar refractivity (Wildman–Crippen MR) is 107 cm³/mol. The Labute approximate surface area is 162 Å². The van der Waals surface area contributed by atoms with Crippen LogP contribution in [0.2, 0.25) is 0 Å². The average Bonchev–Trinajstić information content (AvgIpc) is 3.09. The molecule has 6 nitrogen and oxygen atoms in total. The third-order valence-corrected chi connectivity index (χ3v) is 6.89. The van der Waals surface area contributed by atoms with E-state index in [1.165, 1.54) is 43.9 Å². The number of nitrogens with one attached hydrogen (secondary N) is 1. The zero-order valence-corrected chi connectivity index (χ0v) is 16.0. The van der Waals surface area contributed by atoms with E-state index in [2.05, 4.69) is 20.2 Å². The van der Waals surface area contributed by atoms with Crippen molar-refractivity contribution in [3.8, 4) is 0 Å². The lowest BCUT2D eigenvalue weighted by Gasteiger charge is -2.41. The maximum Gasteiger partial charge on any atom is 0.233 e. The summed E-state index contributed by atoms with van der Waals surface area (Å²) in [4.78, 5) is 22.6. The molecule has 1 aromatic carbocycles. The smallest absolute Gasteiger partial charge is 0.233 e. The van der Waals surface area contributed by atoms with E-state index >= 15 is 0 Å². The molecular weight excluding hydrogens is 358 g/mol. The number of piperidine rings is 1. The number of hydrogen-bond donors (Lipinski definition) is 1. The van der Waals surface area contributed by atoms with E-state index in [9.17, 15) is 4.79 Å². The number of carbonyl (C=O) groups is 1. The molecule has 0 bridgehead atoms. The van der Waals surface area contributed by atoms with Crippen molar-refractivity contribution < 1.29 is 4.79 Å². The van der Waals surface area contributed by atoms with Gasteiger partial charge in [-0.1, -0.05) is 49.2 Å². The van der Waals surface area contributed by atoms with Gasteiger partial charge in [0.2, 0.25) is 11.1 Å². The van der Waals surface area contributed by atoms with Crippen LogP contribution in [0.4, 0.5) is 0 Å². The van der Waals surface area contributed by atoms with Crippen LogP contribution in [0.25, 0.3) is 22.1 Å². The normalized spacial score (nSPS) is 22.9. The lowest BCUT2D eigenvalue weighted by Crippen LogP contribution is -2.45. The van der Waals surface area contributed by atoms with Gasteiger partial charge >= 0.3 is 0 Å². The Kier molecular flexibility index (Phi) is 4.47. The van der Waals surface area contributed by atoms with Crippen molar-refractivity contribution in [2.45, 2.75) is 37.3 Å². The molecule has 3 heterocycles. The Morgan fingerprint density at radius 2 is 2.00 bits per heavy atom. The summed E-state index contributed by atoms with van der Waals surface area (Å²) in [7, 11) is 0. The predicted octanol–water partition coefficient (Wildman–Crippen LogP) is 3.64. The number of H-pyrrole nitrogens is 1. The molecule has 5 rings (SSSR count). The molecule has 140 valence electrons. The number of hydrogen-bond acceptors (Lipinski definition) is 5. The summed E-state index contributed by atoms with van der Waals surface area (Å²) in [5, 5.41) is 10.1. The quantitative estimate of drug-likeness (QED) is 0.701. The number of benzene rings is 1. The minimum Gasteiger partial charge on any atom is -0.342 e. The van der Waals surface area contributed by atoms with Gasteiger partial charge in [0.1, 0.15) is 5.52 Å². The van der Waals surface area contributed by atoms with Crippen LogP contribution in [0.5, 0.6) is 0 Å². The van der Waals surface area contributed by atoms with E-state index in [4.69, 9.17) is 0 Å². The van der Waals surface area contributed by atoms with Crippen molar-refractivity contribution in [2.24, 2.45) is 11.8 Å². The highest BCUT2D eigenvalue weighted by Crippen LogP contribution is 2.36. The number of aromatic amines is 1. The summed E-state index contributed by atoms with van der Waals surface area (Å²) < 4.78 is 0. The van der Waals surface area contributed by atoms with Crippen molar-refractivity contribution in [1.29, 1.82) is 0 Å². The maximum atomic E-state index is 12.7. The van der Waals surface area contributed by atoms with Crippen LogP contribution in [0.1, 0.15) is 32.1 Å². The number of aromatic nitrogens is 4. The molecule has 0 radical (unpaired) electrons. The third kappa shape index (κ3) is 3.29. The molecule has 2 aromatic heterocycles. The molecule has 3 aromatic rings. The molecule has 1 amide bonds. The molecule has 1 saturated carbocycles. The first-order valence-electron chi connectivity index (χ1n) is 9.79. The van der Waals surface area contributed by atoms with E-state index in [1.807, 2.05) is 29.2 Å². The largest absolute Gasteiger partial charge is 0.342 e. The molecule has 7 heteroatoms. The molecule has 2 atom stereocenters. The van der Waals surface area contributed by atoms with Crippen LogP contribution in [0, 0.1) is 11.8 Å². The third-order valence-electron chi connectivity index (χ3n) is 6.07. The van der Waals surface area contributed by atoms with Gasteiger partial charge in [0.15, 0.2) is 5.65 Å². The minimum absolute atomic E-state index is 0.198. The number of likely N-dealkylation sites (tertiary alicyclic amines) is 1. The molecule has 27 heavy (non-hydrogen) atoms. The number of amides is 1. The monoisotopic (exact) mass is 381 g/mol. The standard InChI is InChI=1S/C20H23N5OS/c26-17(25-10-9-13-5-1-2-6-14(13)11-25)12-27-20-22-19-18(23-24-20)15-7-3-4-8-16(15)21-19/h3-4,7-8,13-14H,1-2,5-6,9-12H2,(H,21,22,24)/t13-,14+/m1/s1. The number of carbonyl (C=O) groups excluding carboxylic acids is 1. The van der Waals surface area contributed by atoms with Gasteiger partial charge in [-0.15, -0.1) is 10.2 Å². The highest BCUT2D eigenvalue weighted by Gasteiger charge is 2.32. The van der Waals surface area contributed by atoms with Gasteiger partial charge < -0.3 is 9.88 Å². The van der Waals surface area contributed by atoms with Gasteiger partial charge in [0.25, 0.3) is 0 Å². The van der Waals surface area contributed by atoms with Gasteiger partial charge in [-0.25, -0.2) is 4.98 Å². The summed E-state index contributed by atoms with van der Waals surface area (Å²) in [6.45, 7) is 1.84. The second-order valence-corrected chi connectivity index (χ2v) is 8.63. The number of para-hydroxylation sites is 1. The van der Waals surface area contributed by atoms with Crippen LogP contribution in [-0.2, 0) is 4.79 Å². The summed E-state index contributed by atoms with van der Waals surface area (Å²) in [6, 6.07) is 7.97. The van der Waals surface area contributed by atoms with Gasteiger partial charge in [-0.2, -0.15) is 0 Å². The van der Waals surface area contributed by atoms with Crippen LogP contribution in [0.15, 0.2) is 29.4 Å². The lowest BCUT2D eigenvalue weighted by atomic mass is 9.75. The molecule has 1 saturated heterocycles. The summed E-state index contributed by atoms with van der Waals surface area (Å²) in [5.41, 5.74) is 2.51. The summed E-state index contributed by atoms with van der Waals surface area (Å²) in [5.74, 6) is 2.13. The zero-order chi connectivity index (χ0) is 18.2. The van der Waals surface area contributed by atoms with E-state index in [0.29, 0.717) is 16.8 Å². The topological polar surface area (TPSA) is 74.8 Å².